The highest BCUT2D eigenvalue weighted by Gasteiger charge is 2.15. The quantitative estimate of drug-likeness (QED) is 0.592. The van der Waals surface area contributed by atoms with E-state index in [9.17, 15) is 9.18 Å². The highest BCUT2D eigenvalue weighted by Crippen LogP contribution is 2.23. The summed E-state index contributed by atoms with van der Waals surface area (Å²) < 4.78 is 15.8. The Morgan fingerprint density at radius 1 is 1.14 bits per heavy atom. The maximum Gasteiger partial charge on any atom is 0.277 e. The molecule has 0 unspecified atom stereocenters. The molecular weight excluding hydrogens is 357 g/mol. The third-order valence-electron chi connectivity index (χ3n) is 4.85. The summed E-state index contributed by atoms with van der Waals surface area (Å²) in [5.41, 5.74) is 3.91. The van der Waals surface area contributed by atoms with Crippen LogP contribution in [0, 0.1) is 12.7 Å². The Morgan fingerprint density at radius 2 is 1.93 bits per heavy atom. The first-order valence-corrected chi connectivity index (χ1v) is 8.91. The van der Waals surface area contributed by atoms with E-state index in [4.69, 9.17) is 0 Å². The molecular formula is C21H20FN5O. The molecule has 0 amide bonds. The second-order valence-corrected chi connectivity index (χ2v) is 6.89. The maximum absolute atomic E-state index is 14.1. The minimum absolute atomic E-state index is 0.173. The van der Waals surface area contributed by atoms with Crippen molar-refractivity contribution in [1.29, 1.82) is 0 Å². The number of hydrogen-bond donors (Lipinski definition) is 1. The van der Waals surface area contributed by atoms with Crippen molar-refractivity contribution in [2.75, 3.05) is 19.0 Å². The highest BCUT2D eigenvalue weighted by molar-refractivity contribution is 5.73. The van der Waals surface area contributed by atoms with Crippen molar-refractivity contribution in [1.82, 2.24) is 19.5 Å². The zero-order valence-corrected chi connectivity index (χ0v) is 15.9. The van der Waals surface area contributed by atoms with Gasteiger partial charge in [-0.05, 0) is 36.2 Å². The van der Waals surface area contributed by atoms with Gasteiger partial charge in [0, 0.05) is 26.3 Å². The maximum atomic E-state index is 14.1. The zero-order valence-electron chi connectivity index (χ0n) is 15.9. The number of aromatic amines is 1. The lowest BCUT2D eigenvalue weighted by Gasteiger charge is -2.18. The van der Waals surface area contributed by atoms with E-state index >= 15 is 0 Å². The monoisotopic (exact) mass is 377 g/mol. The molecule has 2 aromatic carbocycles. The minimum atomic E-state index is -0.444. The Morgan fingerprint density at radius 3 is 2.68 bits per heavy atom. The second-order valence-electron chi connectivity index (χ2n) is 6.89. The van der Waals surface area contributed by atoms with Crippen LogP contribution in [0.15, 0.2) is 53.6 Å². The van der Waals surface area contributed by atoms with E-state index in [1.165, 1.54) is 6.07 Å². The number of rotatable bonds is 4. The fourth-order valence-electron chi connectivity index (χ4n) is 3.40. The van der Waals surface area contributed by atoms with Crippen LogP contribution in [0.5, 0.6) is 0 Å². The molecule has 0 radical (unpaired) electrons. The molecule has 0 aliphatic rings. The third kappa shape index (κ3) is 3.05. The van der Waals surface area contributed by atoms with Crippen molar-refractivity contribution >= 4 is 16.9 Å². The lowest BCUT2D eigenvalue weighted by atomic mass is 10.1. The number of anilines is 1. The fourth-order valence-corrected chi connectivity index (χ4v) is 3.40. The van der Waals surface area contributed by atoms with Gasteiger partial charge < -0.3 is 14.5 Å². The van der Waals surface area contributed by atoms with E-state index < -0.39 is 5.82 Å². The molecule has 2 heterocycles. The zero-order chi connectivity index (χ0) is 19.8. The number of H-pyrrole nitrogens is 1. The summed E-state index contributed by atoms with van der Waals surface area (Å²) in [4.78, 5) is 26.1. The number of benzene rings is 2. The van der Waals surface area contributed by atoms with Crippen LogP contribution in [0.1, 0.15) is 11.1 Å². The molecule has 0 aliphatic heterocycles. The molecule has 0 fully saturated rings. The van der Waals surface area contributed by atoms with Gasteiger partial charge in [-0.25, -0.2) is 14.4 Å². The summed E-state index contributed by atoms with van der Waals surface area (Å²) in [5, 5.41) is 0. The van der Waals surface area contributed by atoms with Crippen molar-refractivity contribution in [3.05, 3.63) is 76.1 Å². The summed E-state index contributed by atoms with van der Waals surface area (Å²) in [6.45, 7) is 2.55. The average molecular weight is 377 g/mol. The number of halogens is 1. The van der Waals surface area contributed by atoms with Crippen molar-refractivity contribution in [2.45, 2.75) is 13.5 Å². The van der Waals surface area contributed by atoms with Crippen LogP contribution in [0.2, 0.25) is 0 Å². The summed E-state index contributed by atoms with van der Waals surface area (Å²) in [7, 11) is 4.00. The largest absolute Gasteiger partial charge is 0.377 e. The Balaban J connectivity index is 1.78. The Kier molecular flexibility index (Phi) is 4.43. The van der Waals surface area contributed by atoms with Gasteiger partial charge in [0.15, 0.2) is 11.2 Å². The number of nitrogens with zero attached hydrogens (tertiary/aromatic N) is 4. The Labute approximate surface area is 161 Å². The van der Waals surface area contributed by atoms with Gasteiger partial charge in [0.1, 0.15) is 11.6 Å². The molecule has 4 rings (SSSR count). The van der Waals surface area contributed by atoms with Crippen LogP contribution in [-0.4, -0.2) is 33.6 Å². The number of fused-ring (bicyclic) bond motifs is 1. The molecule has 7 heteroatoms. The van der Waals surface area contributed by atoms with E-state index in [0.717, 1.165) is 16.8 Å². The minimum Gasteiger partial charge on any atom is -0.377 e. The smallest absolute Gasteiger partial charge is 0.277 e. The molecule has 1 N–H and O–H groups in total. The summed E-state index contributed by atoms with van der Waals surface area (Å²) in [5.74, 6) is -0.271. The van der Waals surface area contributed by atoms with Crippen molar-refractivity contribution in [3.63, 3.8) is 0 Å². The van der Waals surface area contributed by atoms with Crippen LogP contribution in [0.25, 0.3) is 22.6 Å². The number of nitrogens with one attached hydrogen (secondary N) is 1. The first-order chi connectivity index (χ1) is 13.5. The summed E-state index contributed by atoms with van der Waals surface area (Å²) >= 11 is 0. The lowest BCUT2D eigenvalue weighted by Crippen LogP contribution is -2.15. The standard InChI is InChI=1S/C21H20FN5O/c1-13-14(7-6-10-17(13)26(2)3)11-27-12-23-20-18(27)21(28)25-19(24-20)15-8-4-5-9-16(15)22/h4-10,12H,11H2,1-3H3,(H,24,25,28). The van der Waals surface area contributed by atoms with Crippen LogP contribution >= 0.6 is 0 Å². The first kappa shape index (κ1) is 17.9. The molecule has 28 heavy (non-hydrogen) atoms. The number of hydrogen-bond acceptors (Lipinski definition) is 4. The van der Waals surface area contributed by atoms with E-state index in [1.807, 2.05) is 26.2 Å². The molecule has 0 aliphatic carbocycles. The summed E-state index contributed by atoms with van der Waals surface area (Å²) in [6.07, 6.45) is 1.60. The van der Waals surface area contributed by atoms with Gasteiger partial charge in [0.05, 0.1) is 11.9 Å². The van der Waals surface area contributed by atoms with Crippen LogP contribution in [-0.2, 0) is 6.54 Å². The normalized spacial score (nSPS) is 11.1. The Hall–Kier alpha value is -3.48. The van der Waals surface area contributed by atoms with Crippen molar-refractivity contribution < 1.29 is 4.39 Å². The highest BCUT2D eigenvalue weighted by atomic mass is 19.1. The van der Waals surface area contributed by atoms with Gasteiger partial charge in [0.25, 0.3) is 5.56 Å². The van der Waals surface area contributed by atoms with Gasteiger partial charge in [-0.1, -0.05) is 24.3 Å². The molecule has 6 nitrogen and oxygen atoms in total. The molecule has 2 aromatic heterocycles. The van der Waals surface area contributed by atoms with Gasteiger partial charge >= 0.3 is 0 Å². The van der Waals surface area contributed by atoms with Gasteiger partial charge in [-0.3, -0.25) is 4.79 Å². The molecule has 4 aromatic rings. The van der Waals surface area contributed by atoms with Gasteiger partial charge in [-0.15, -0.1) is 0 Å². The van der Waals surface area contributed by atoms with Gasteiger partial charge in [0.2, 0.25) is 0 Å². The molecule has 0 saturated heterocycles. The average Bonchev–Trinajstić information content (AvgIpc) is 3.07. The fraction of sp³-hybridized carbons (Fsp3) is 0.190. The number of aromatic nitrogens is 4. The van der Waals surface area contributed by atoms with Gasteiger partial charge in [-0.2, -0.15) is 0 Å². The Bertz CT molecular complexity index is 1230. The van der Waals surface area contributed by atoms with Crippen LogP contribution in [0.3, 0.4) is 0 Å². The predicted octanol–water partition coefficient (Wildman–Crippen LogP) is 3.35. The predicted molar refractivity (Wildman–Crippen MR) is 108 cm³/mol. The lowest BCUT2D eigenvalue weighted by molar-refractivity contribution is 0.630. The second kappa shape index (κ2) is 6.92. The summed E-state index contributed by atoms with van der Waals surface area (Å²) in [6, 6.07) is 12.3. The van der Waals surface area contributed by atoms with E-state index in [0.29, 0.717) is 17.7 Å². The molecule has 0 bridgehead atoms. The first-order valence-electron chi connectivity index (χ1n) is 8.91. The van der Waals surface area contributed by atoms with Crippen LogP contribution in [0.4, 0.5) is 10.1 Å². The molecule has 0 spiro atoms. The van der Waals surface area contributed by atoms with E-state index in [-0.39, 0.29) is 16.9 Å². The molecule has 142 valence electrons. The van der Waals surface area contributed by atoms with Crippen LogP contribution < -0.4 is 10.5 Å². The van der Waals surface area contributed by atoms with E-state index in [1.54, 1.807) is 29.1 Å². The third-order valence-corrected chi connectivity index (χ3v) is 4.85. The van der Waals surface area contributed by atoms with Crippen molar-refractivity contribution in [2.24, 2.45) is 0 Å². The van der Waals surface area contributed by atoms with E-state index in [2.05, 4.69) is 32.8 Å². The van der Waals surface area contributed by atoms with Crippen molar-refractivity contribution in [3.8, 4) is 11.4 Å². The number of imidazole rings is 1. The topological polar surface area (TPSA) is 66.8 Å². The molecule has 0 saturated carbocycles. The SMILES string of the molecule is Cc1c(Cn2cnc3nc(-c4ccccc4F)[nH]c(=O)c32)cccc1N(C)C. The molecule has 0 atom stereocenters.